The van der Waals surface area contributed by atoms with Crippen LogP contribution in [0.4, 0.5) is 0 Å². The maximum atomic E-state index is 13.2. The lowest BCUT2D eigenvalue weighted by molar-refractivity contribution is -0.929. The minimum absolute atomic E-state index is 0.0813. The SMILES string of the molecule is CCCC[N+](CCCC)(CCCC)CCCC.Cc1ccc(O)c(Cc2cccc(Cc3cc(C)cc(Cc4cc(C)ccc4O)c3O)c2[O-])c1. The zero-order chi connectivity index (χ0) is 37.4. The van der Waals surface area contributed by atoms with Gasteiger partial charge in [-0.05, 0) is 80.8 Å². The Labute approximate surface area is 309 Å². The van der Waals surface area contributed by atoms with Crippen LogP contribution in [0.3, 0.4) is 0 Å². The van der Waals surface area contributed by atoms with Gasteiger partial charge in [0.2, 0.25) is 0 Å². The molecule has 0 saturated heterocycles. The van der Waals surface area contributed by atoms with Gasteiger partial charge in [0.15, 0.2) is 0 Å². The van der Waals surface area contributed by atoms with Crippen molar-refractivity contribution in [2.45, 2.75) is 119 Å². The third-order valence-corrected chi connectivity index (χ3v) is 10.1. The van der Waals surface area contributed by atoms with Gasteiger partial charge in [0, 0.05) is 19.3 Å². The van der Waals surface area contributed by atoms with E-state index in [0.29, 0.717) is 47.1 Å². The van der Waals surface area contributed by atoms with Crippen LogP contribution in [0, 0.1) is 20.8 Å². The predicted molar refractivity (Wildman–Crippen MR) is 212 cm³/mol. The van der Waals surface area contributed by atoms with E-state index in [1.165, 1.54) is 82.0 Å². The first kappa shape index (κ1) is 41.5. The van der Waals surface area contributed by atoms with Gasteiger partial charge in [-0.1, -0.05) is 136 Å². The summed E-state index contributed by atoms with van der Waals surface area (Å²) in [6.07, 6.45) is 12.1. The smallest absolute Gasteiger partial charge is 0.122 e. The van der Waals surface area contributed by atoms with E-state index in [-0.39, 0.29) is 23.0 Å². The number of hydrogen-bond acceptors (Lipinski definition) is 4. The third-order valence-electron chi connectivity index (χ3n) is 10.1. The van der Waals surface area contributed by atoms with Gasteiger partial charge in [0.1, 0.15) is 17.2 Å². The molecule has 4 aromatic carbocycles. The molecule has 0 bridgehead atoms. The lowest BCUT2D eigenvalue weighted by Gasteiger charge is -2.39. The Kier molecular flexibility index (Phi) is 16.9. The standard InChI is InChI=1S/C30H30O4.C16H36N/c1-18-7-9-27(31)23(11-18)15-21-5-4-6-22(29(21)33)16-25-13-20(3)14-26(30(25)34)17-24-12-19(2)8-10-28(24)32;1-5-9-13-17(14-10-6-2,15-11-7-3)16-12-8-4/h4-14,31-34H,15-17H2,1-3H3;5-16H2,1-4H3/q;+1/p-1. The molecule has 3 N–H and O–H groups in total. The molecule has 0 heterocycles. The molecular formula is C46H65NO4. The number of aryl methyl sites for hydroxylation is 3. The Morgan fingerprint density at radius 1 is 0.471 bits per heavy atom. The summed E-state index contributed by atoms with van der Waals surface area (Å²) < 4.78 is 1.42. The van der Waals surface area contributed by atoms with E-state index in [4.69, 9.17) is 0 Å². The van der Waals surface area contributed by atoms with Crippen molar-refractivity contribution in [3.8, 4) is 23.0 Å². The molecule has 4 aromatic rings. The Morgan fingerprint density at radius 3 is 1.22 bits per heavy atom. The van der Waals surface area contributed by atoms with Crippen molar-refractivity contribution in [1.29, 1.82) is 0 Å². The van der Waals surface area contributed by atoms with E-state index in [2.05, 4.69) is 27.7 Å². The van der Waals surface area contributed by atoms with Crippen molar-refractivity contribution in [1.82, 2.24) is 0 Å². The summed E-state index contributed by atoms with van der Waals surface area (Å²) in [6.45, 7) is 20.9. The van der Waals surface area contributed by atoms with Gasteiger partial charge in [-0.25, -0.2) is 0 Å². The first-order valence-corrected chi connectivity index (χ1v) is 19.5. The maximum absolute atomic E-state index is 13.2. The van der Waals surface area contributed by atoms with Crippen LogP contribution in [0.25, 0.3) is 0 Å². The molecule has 0 amide bonds. The van der Waals surface area contributed by atoms with E-state index >= 15 is 0 Å². The van der Waals surface area contributed by atoms with Crippen molar-refractivity contribution >= 4 is 0 Å². The van der Waals surface area contributed by atoms with Crippen molar-refractivity contribution in [2.24, 2.45) is 0 Å². The predicted octanol–water partition coefficient (Wildman–Crippen LogP) is 10.6. The van der Waals surface area contributed by atoms with Crippen LogP contribution in [0.15, 0.2) is 66.7 Å². The van der Waals surface area contributed by atoms with Gasteiger partial charge in [0.05, 0.1) is 26.2 Å². The van der Waals surface area contributed by atoms with Gasteiger partial charge in [0.25, 0.3) is 0 Å². The molecule has 0 aliphatic rings. The minimum atomic E-state index is -0.0813. The number of benzene rings is 4. The summed E-state index contributed by atoms with van der Waals surface area (Å²) >= 11 is 0. The summed E-state index contributed by atoms with van der Waals surface area (Å²) in [7, 11) is 0. The molecule has 0 aliphatic carbocycles. The van der Waals surface area contributed by atoms with Crippen LogP contribution in [0.5, 0.6) is 23.0 Å². The number of phenols is 3. The molecule has 0 saturated carbocycles. The lowest BCUT2D eigenvalue weighted by atomic mass is 9.93. The minimum Gasteiger partial charge on any atom is -0.872 e. The molecule has 4 rings (SSSR count). The Hall–Kier alpha value is -3.96. The largest absolute Gasteiger partial charge is 0.872 e. The number of quaternary nitrogens is 1. The fourth-order valence-corrected chi connectivity index (χ4v) is 7.09. The van der Waals surface area contributed by atoms with Gasteiger partial charge in [-0.2, -0.15) is 0 Å². The fraction of sp³-hybridized carbons (Fsp3) is 0.478. The highest BCUT2D eigenvalue weighted by Crippen LogP contribution is 2.34. The van der Waals surface area contributed by atoms with Crippen molar-refractivity contribution in [3.05, 3.63) is 117 Å². The van der Waals surface area contributed by atoms with Gasteiger partial charge in [-0.3, -0.25) is 0 Å². The molecule has 0 spiro atoms. The Morgan fingerprint density at radius 2 is 0.824 bits per heavy atom. The van der Waals surface area contributed by atoms with Gasteiger partial charge >= 0.3 is 0 Å². The normalized spacial score (nSPS) is 11.4. The van der Waals surface area contributed by atoms with Crippen molar-refractivity contribution in [3.63, 3.8) is 0 Å². The Balaban J connectivity index is 0.000000351. The van der Waals surface area contributed by atoms with Gasteiger partial charge < -0.3 is 24.9 Å². The molecule has 0 unspecified atom stereocenters. The van der Waals surface area contributed by atoms with Crippen molar-refractivity contribution < 1.29 is 24.9 Å². The quantitative estimate of drug-likeness (QED) is 0.0905. The van der Waals surface area contributed by atoms with Crippen molar-refractivity contribution in [2.75, 3.05) is 26.2 Å². The second kappa shape index (κ2) is 20.8. The van der Waals surface area contributed by atoms with Crippen LogP contribution < -0.4 is 5.11 Å². The lowest BCUT2D eigenvalue weighted by Crippen LogP contribution is -2.50. The highest BCUT2D eigenvalue weighted by atomic mass is 16.3. The van der Waals surface area contributed by atoms with E-state index < -0.39 is 0 Å². The average molecular weight is 696 g/mol. The molecule has 0 aromatic heterocycles. The summed E-state index contributed by atoms with van der Waals surface area (Å²) in [6, 6.07) is 20.0. The second-order valence-electron chi connectivity index (χ2n) is 14.8. The molecule has 0 atom stereocenters. The van der Waals surface area contributed by atoms with E-state index in [9.17, 15) is 20.4 Å². The summed E-state index contributed by atoms with van der Waals surface area (Å²) in [5, 5.41) is 44.7. The number of aromatic hydroxyl groups is 3. The number of para-hydroxylation sites is 1. The summed E-state index contributed by atoms with van der Waals surface area (Å²) in [4.78, 5) is 0. The number of unbranched alkanes of at least 4 members (excludes halogenated alkanes) is 4. The molecule has 51 heavy (non-hydrogen) atoms. The number of hydrogen-bond donors (Lipinski definition) is 3. The first-order chi connectivity index (χ1) is 24.4. The van der Waals surface area contributed by atoms with E-state index in [0.717, 1.165) is 22.3 Å². The number of rotatable bonds is 18. The van der Waals surface area contributed by atoms with Gasteiger partial charge in [-0.15, -0.1) is 5.75 Å². The fourth-order valence-electron chi connectivity index (χ4n) is 7.09. The zero-order valence-electron chi connectivity index (χ0n) is 32.7. The van der Waals surface area contributed by atoms with Crippen LogP contribution in [0.1, 0.15) is 129 Å². The molecule has 0 radical (unpaired) electrons. The third kappa shape index (κ3) is 12.6. The molecule has 5 nitrogen and oxygen atoms in total. The number of phenolic OH excluding ortho intramolecular Hbond substituents is 3. The van der Waals surface area contributed by atoms with Crippen LogP contribution in [-0.4, -0.2) is 46.0 Å². The highest BCUT2D eigenvalue weighted by molar-refractivity contribution is 5.52. The number of nitrogens with zero attached hydrogens (tertiary/aromatic N) is 1. The molecule has 0 fully saturated rings. The van der Waals surface area contributed by atoms with Crippen LogP contribution in [-0.2, 0) is 19.3 Å². The average Bonchev–Trinajstić information content (AvgIpc) is 3.11. The molecule has 278 valence electrons. The Bertz CT molecular complexity index is 1620. The van der Waals surface area contributed by atoms with Crippen LogP contribution in [0.2, 0.25) is 0 Å². The molecule has 5 heteroatoms. The monoisotopic (exact) mass is 695 g/mol. The summed E-state index contributed by atoms with van der Waals surface area (Å²) in [5.74, 6) is 0.438. The molecule has 0 aliphatic heterocycles. The van der Waals surface area contributed by atoms with E-state index in [1.807, 2.05) is 63.2 Å². The second-order valence-corrected chi connectivity index (χ2v) is 14.8. The topological polar surface area (TPSA) is 83.8 Å². The van der Waals surface area contributed by atoms with E-state index in [1.54, 1.807) is 24.3 Å². The highest BCUT2D eigenvalue weighted by Gasteiger charge is 2.24. The molecular weight excluding hydrogens is 631 g/mol. The first-order valence-electron chi connectivity index (χ1n) is 19.5. The summed E-state index contributed by atoms with van der Waals surface area (Å²) in [5.41, 5.74) is 7.08. The zero-order valence-corrected chi connectivity index (χ0v) is 32.7. The van der Waals surface area contributed by atoms with Crippen LogP contribution >= 0.6 is 0 Å². The maximum Gasteiger partial charge on any atom is 0.122 e.